The Hall–Kier alpha value is -2.17. The minimum absolute atomic E-state index is 0.215. The molecule has 0 bridgehead atoms. The van der Waals surface area contributed by atoms with Gasteiger partial charge >= 0.3 is 0 Å². The van der Waals surface area contributed by atoms with Crippen LogP contribution < -0.4 is 5.32 Å². The summed E-state index contributed by atoms with van der Waals surface area (Å²) in [6, 6.07) is 17.8. The number of nitrogens with one attached hydrogen (secondary N) is 1. The van der Waals surface area contributed by atoms with E-state index in [4.69, 9.17) is 16.0 Å². The lowest BCUT2D eigenvalue weighted by molar-refractivity contribution is 0.454. The van der Waals surface area contributed by atoms with Gasteiger partial charge in [0.2, 0.25) is 11.8 Å². The third kappa shape index (κ3) is 3.53. The van der Waals surface area contributed by atoms with Gasteiger partial charge in [0.25, 0.3) is 0 Å². The van der Waals surface area contributed by atoms with Crippen LogP contribution in [0.5, 0.6) is 0 Å². The van der Waals surface area contributed by atoms with Crippen LogP contribution in [0.4, 0.5) is 0 Å². The standard InChI is InChI=1S/C17H16ClN3O/c1-12(13-5-3-2-4-6-13)19-11-16-20-21-17(22-16)14-7-9-15(18)10-8-14/h2-10,12,19H,11H2,1H3/t12-/m0/s1. The predicted molar refractivity (Wildman–Crippen MR) is 86.4 cm³/mol. The van der Waals surface area contributed by atoms with Gasteiger partial charge in [-0.2, -0.15) is 0 Å². The lowest BCUT2D eigenvalue weighted by Crippen LogP contribution is -2.18. The lowest BCUT2D eigenvalue weighted by atomic mass is 10.1. The average molecular weight is 314 g/mol. The Morgan fingerprint density at radius 2 is 1.77 bits per heavy atom. The van der Waals surface area contributed by atoms with Crippen molar-refractivity contribution in [2.45, 2.75) is 19.5 Å². The van der Waals surface area contributed by atoms with E-state index in [1.54, 1.807) is 12.1 Å². The number of nitrogens with zero attached hydrogens (tertiary/aromatic N) is 2. The van der Waals surface area contributed by atoms with Crippen molar-refractivity contribution < 1.29 is 4.42 Å². The molecule has 22 heavy (non-hydrogen) atoms. The Morgan fingerprint density at radius 1 is 1.05 bits per heavy atom. The van der Waals surface area contributed by atoms with E-state index < -0.39 is 0 Å². The van der Waals surface area contributed by atoms with Crippen molar-refractivity contribution in [3.05, 3.63) is 71.1 Å². The Balaban J connectivity index is 1.63. The molecule has 5 heteroatoms. The Bertz CT molecular complexity index is 725. The summed E-state index contributed by atoms with van der Waals surface area (Å²) in [5, 5.41) is 12.2. The van der Waals surface area contributed by atoms with Crippen molar-refractivity contribution >= 4 is 11.6 Å². The predicted octanol–water partition coefficient (Wildman–Crippen LogP) is 4.24. The van der Waals surface area contributed by atoms with Crippen LogP contribution in [0.1, 0.15) is 24.4 Å². The van der Waals surface area contributed by atoms with Gasteiger partial charge in [-0.1, -0.05) is 41.9 Å². The SMILES string of the molecule is C[C@H](NCc1nnc(-c2ccc(Cl)cc2)o1)c1ccccc1. The second-order valence-electron chi connectivity index (χ2n) is 5.02. The zero-order chi connectivity index (χ0) is 15.4. The minimum Gasteiger partial charge on any atom is -0.419 e. The molecule has 0 saturated carbocycles. The molecule has 3 aromatic rings. The fourth-order valence-corrected chi connectivity index (χ4v) is 2.26. The summed E-state index contributed by atoms with van der Waals surface area (Å²) in [5.41, 5.74) is 2.08. The number of hydrogen-bond acceptors (Lipinski definition) is 4. The number of aromatic nitrogens is 2. The molecule has 1 aromatic heterocycles. The molecule has 1 heterocycles. The van der Waals surface area contributed by atoms with E-state index in [2.05, 4.69) is 34.6 Å². The molecule has 4 nitrogen and oxygen atoms in total. The lowest BCUT2D eigenvalue weighted by Gasteiger charge is -2.12. The van der Waals surface area contributed by atoms with Gasteiger partial charge in [0.05, 0.1) is 6.54 Å². The summed E-state index contributed by atoms with van der Waals surface area (Å²) in [6.07, 6.45) is 0. The first-order valence-electron chi connectivity index (χ1n) is 7.09. The molecule has 0 amide bonds. The maximum Gasteiger partial charge on any atom is 0.247 e. The van der Waals surface area contributed by atoms with Crippen LogP contribution in [0.3, 0.4) is 0 Å². The maximum absolute atomic E-state index is 5.87. The third-order valence-corrected chi connectivity index (χ3v) is 3.67. The molecule has 1 atom stereocenters. The highest BCUT2D eigenvalue weighted by atomic mass is 35.5. The molecule has 0 unspecified atom stereocenters. The van der Waals surface area contributed by atoms with Gasteiger partial charge in [-0.05, 0) is 36.8 Å². The van der Waals surface area contributed by atoms with Crippen LogP contribution in [0.25, 0.3) is 11.5 Å². The average Bonchev–Trinajstić information content (AvgIpc) is 3.03. The summed E-state index contributed by atoms with van der Waals surface area (Å²) in [6.45, 7) is 2.63. The van der Waals surface area contributed by atoms with E-state index in [0.29, 0.717) is 23.3 Å². The van der Waals surface area contributed by atoms with Gasteiger partial charge in [-0.15, -0.1) is 10.2 Å². The summed E-state index contributed by atoms with van der Waals surface area (Å²) in [7, 11) is 0. The maximum atomic E-state index is 5.87. The third-order valence-electron chi connectivity index (χ3n) is 3.42. The highest BCUT2D eigenvalue weighted by Gasteiger charge is 2.10. The second-order valence-corrected chi connectivity index (χ2v) is 5.46. The van der Waals surface area contributed by atoms with Crippen LogP contribution in [0.2, 0.25) is 5.02 Å². The number of rotatable bonds is 5. The molecule has 0 radical (unpaired) electrons. The number of benzene rings is 2. The smallest absolute Gasteiger partial charge is 0.247 e. The van der Waals surface area contributed by atoms with E-state index in [0.717, 1.165) is 5.56 Å². The van der Waals surface area contributed by atoms with Gasteiger partial charge < -0.3 is 9.73 Å². The first-order valence-corrected chi connectivity index (χ1v) is 7.47. The number of halogens is 1. The molecule has 2 aromatic carbocycles. The summed E-state index contributed by atoms with van der Waals surface area (Å²) in [5.74, 6) is 1.06. The Morgan fingerprint density at radius 3 is 2.50 bits per heavy atom. The highest BCUT2D eigenvalue weighted by Crippen LogP contribution is 2.20. The molecule has 3 rings (SSSR count). The number of hydrogen-bond donors (Lipinski definition) is 1. The molecule has 0 aliphatic heterocycles. The van der Waals surface area contributed by atoms with Gasteiger partial charge in [-0.3, -0.25) is 0 Å². The van der Waals surface area contributed by atoms with Gasteiger partial charge in [0, 0.05) is 16.6 Å². The topological polar surface area (TPSA) is 51.0 Å². The van der Waals surface area contributed by atoms with E-state index in [9.17, 15) is 0 Å². The monoisotopic (exact) mass is 313 g/mol. The van der Waals surface area contributed by atoms with Gasteiger partial charge in [0.15, 0.2) is 0 Å². The van der Waals surface area contributed by atoms with Crippen molar-refractivity contribution in [2.75, 3.05) is 0 Å². The van der Waals surface area contributed by atoms with Crippen molar-refractivity contribution in [3.8, 4) is 11.5 Å². The first-order chi connectivity index (χ1) is 10.7. The van der Waals surface area contributed by atoms with Crippen LogP contribution in [-0.4, -0.2) is 10.2 Å². The quantitative estimate of drug-likeness (QED) is 0.765. The Labute approximate surface area is 134 Å². The van der Waals surface area contributed by atoms with Crippen LogP contribution in [-0.2, 0) is 6.54 Å². The second kappa shape index (κ2) is 6.73. The molecule has 0 spiro atoms. The molecular weight excluding hydrogens is 298 g/mol. The fourth-order valence-electron chi connectivity index (χ4n) is 2.13. The summed E-state index contributed by atoms with van der Waals surface area (Å²) >= 11 is 5.87. The molecule has 0 aliphatic rings. The zero-order valence-corrected chi connectivity index (χ0v) is 12.9. The van der Waals surface area contributed by atoms with Gasteiger partial charge in [-0.25, -0.2) is 0 Å². The highest BCUT2D eigenvalue weighted by molar-refractivity contribution is 6.30. The normalized spacial score (nSPS) is 12.3. The van der Waals surface area contributed by atoms with Crippen LogP contribution >= 0.6 is 11.6 Å². The van der Waals surface area contributed by atoms with Crippen molar-refractivity contribution in [3.63, 3.8) is 0 Å². The summed E-state index contributed by atoms with van der Waals surface area (Å²) in [4.78, 5) is 0. The van der Waals surface area contributed by atoms with Crippen molar-refractivity contribution in [1.29, 1.82) is 0 Å². The Kier molecular flexibility index (Phi) is 4.51. The fraction of sp³-hybridized carbons (Fsp3) is 0.176. The van der Waals surface area contributed by atoms with Crippen molar-refractivity contribution in [1.82, 2.24) is 15.5 Å². The summed E-state index contributed by atoms with van der Waals surface area (Å²) < 4.78 is 5.67. The molecule has 1 N–H and O–H groups in total. The first kappa shape index (κ1) is 14.8. The van der Waals surface area contributed by atoms with Crippen LogP contribution in [0, 0.1) is 0 Å². The van der Waals surface area contributed by atoms with Crippen molar-refractivity contribution in [2.24, 2.45) is 0 Å². The molecular formula is C17H16ClN3O. The van der Waals surface area contributed by atoms with E-state index in [1.807, 2.05) is 30.3 Å². The van der Waals surface area contributed by atoms with E-state index in [-0.39, 0.29) is 6.04 Å². The molecule has 0 aliphatic carbocycles. The van der Waals surface area contributed by atoms with E-state index >= 15 is 0 Å². The van der Waals surface area contributed by atoms with Gasteiger partial charge in [0.1, 0.15) is 0 Å². The molecule has 0 fully saturated rings. The minimum atomic E-state index is 0.215. The largest absolute Gasteiger partial charge is 0.419 e. The molecule has 112 valence electrons. The van der Waals surface area contributed by atoms with E-state index in [1.165, 1.54) is 5.56 Å². The zero-order valence-electron chi connectivity index (χ0n) is 12.2. The van der Waals surface area contributed by atoms with Crippen LogP contribution in [0.15, 0.2) is 59.0 Å². The molecule has 0 saturated heterocycles.